The van der Waals surface area contributed by atoms with E-state index in [1.54, 1.807) is 43.4 Å². The summed E-state index contributed by atoms with van der Waals surface area (Å²) in [4.78, 5) is 14.5. The van der Waals surface area contributed by atoms with Gasteiger partial charge in [-0.15, -0.1) is 0 Å². The number of carbonyl (C=O) groups excluding carboxylic acids is 1. The van der Waals surface area contributed by atoms with Gasteiger partial charge in [0, 0.05) is 19.7 Å². The number of rotatable bonds is 5. The molecule has 0 unspecified atom stereocenters. The Labute approximate surface area is 166 Å². The first kappa shape index (κ1) is 20.4. The molecule has 0 heterocycles. The van der Waals surface area contributed by atoms with Gasteiger partial charge in [-0.05, 0) is 43.2 Å². The van der Waals surface area contributed by atoms with Crippen LogP contribution in [0.15, 0.2) is 59.5 Å². The Morgan fingerprint density at radius 2 is 1.68 bits per heavy atom. The first-order valence-corrected chi connectivity index (χ1v) is 10.9. The number of nitrogens with zero attached hydrogens (tertiary/aromatic N) is 2. The summed E-state index contributed by atoms with van der Waals surface area (Å²) in [5.74, 6) is -0.287. The average Bonchev–Trinajstić information content (AvgIpc) is 2.73. The Balaban J connectivity index is 1.86. The highest BCUT2D eigenvalue weighted by atomic mass is 32.2. The highest BCUT2D eigenvalue weighted by molar-refractivity contribution is 7.92. The second-order valence-electron chi connectivity index (χ2n) is 7.17. The van der Waals surface area contributed by atoms with Crippen molar-refractivity contribution in [1.82, 2.24) is 4.90 Å². The van der Waals surface area contributed by atoms with Crippen LogP contribution in [-0.4, -0.2) is 50.6 Å². The fourth-order valence-electron chi connectivity index (χ4n) is 3.62. The van der Waals surface area contributed by atoms with Gasteiger partial charge in [-0.3, -0.25) is 9.10 Å². The molecule has 1 fully saturated rings. The summed E-state index contributed by atoms with van der Waals surface area (Å²) < 4.78 is 27.2. The first-order valence-electron chi connectivity index (χ1n) is 9.41. The predicted octanol–water partition coefficient (Wildman–Crippen LogP) is 2.89. The maximum atomic E-state index is 13.0. The molecule has 1 aliphatic carbocycles. The lowest BCUT2D eigenvalue weighted by Crippen LogP contribution is -2.46. The number of aliphatic hydroxyl groups excluding tert-OH is 1. The number of hydrogen-bond acceptors (Lipinski definition) is 4. The molecular formula is C21H26N2O4S. The average molecular weight is 403 g/mol. The minimum Gasteiger partial charge on any atom is -0.391 e. The molecule has 1 N–H and O–H groups in total. The van der Waals surface area contributed by atoms with E-state index in [2.05, 4.69) is 0 Å². The molecule has 0 spiro atoms. The van der Waals surface area contributed by atoms with Gasteiger partial charge >= 0.3 is 0 Å². The molecule has 0 bridgehead atoms. The van der Waals surface area contributed by atoms with Gasteiger partial charge in [0.15, 0.2) is 0 Å². The van der Waals surface area contributed by atoms with E-state index in [1.807, 2.05) is 6.07 Å². The molecule has 7 heteroatoms. The molecule has 1 saturated carbocycles. The van der Waals surface area contributed by atoms with Crippen molar-refractivity contribution >= 4 is 21.6 Å². The molecule has 1 amide bonds. The van der Waals surface area contributed by atoms with E-state index in [4.69, 9.17) is 0 Å². The van der Waals surface area contributed by atoms with Crippen molar-refractivity contribution in [1.29, 1.82) is 0 Å². The molecular weight excluding hydrogens is 376 g/mol. The Morgan fingerprint density at radius 1 is 1.00 bits per heavy atom. The number of amides is 1. The van der Waals surface area contributed by atoms with Gasteiger partial charge in [0.25, 0.3) is 15.9 Å². The van der Waals surface area contributed by atoms with E-state index >= 15 is 0 Å². The zero-order chi connectivity index (χ0) is 20.3. The van der Waals surface area contributed by atoms with Crippen molar-refractivity contribution in [3.63, 3.8) is 0 Å². The monoisotopic (exact) mass is 402 g/mol. The Morgan fingerprint density at radius 3 is 2.36 bits per heavy atom. The van der Waals surface area contributed by atoms with E-state index in [0.29, 0.717) is 17.7 Å². The smallest absolute Gasteiger partial charge is 0.264 e. The summed E-state index contributed by atoms with van der Waals surface area (Å²) in [5, 5.41) is 10.2. The van der Waals surface area contributed by atoms with Gasteiger partial charge < -0.3 is 10.0 Å². The lowest BCUT2D eigenvalue weighted by atomic mass is 9.91. The predicted molar refractivity (Wildman–Crippen MR) is 109 cm³/mol. The largest absolute Gasteiger partial charge is 0.391 e. The van der Waals surface area contributed by atoms with Crippen LogP contribution in [0.3, 0.4) is 0 Å². The maximum Gasteiger partial charge on any atom is 0.264 e. The molecule has 2 aromatic rings. The zero-order valence-electron chi connectivity index (χ0n) is 16.2. The van der Waals surface area contributed by atoms with Crippen LogP contribution in [0.2, 0.25) is 0 Å². The minimum atomic E-state index is -3.80. The minimum absolute atomic E-state index is 0.0577. The van der Waals surface area contributed by atoms with Gasteiger partial charge in [0.2, 0.25) is 0 Å². The maximum absolute atomic E-state index is 13.0. The summed E-state index contributed by atoms with van der Waals surface area (Å²) >= 11 is 0. The standard InChI is InChI=1S/C21H26N2O4S/c1-22(19-13-6-7-14-20(19)24)21(25)16-9-8-12-18(15-16)28(26,27)23(2)17-10-4-3-5-11-17/h3-5,8-12,15,19-20,24H,6-7,13-14H2,1-2H3/t19-,20+/m0/s1. The number of para-hydroxylation sites is 1. The molecule has 28 heavy (non-hydrogen) atoms. The van der Waals surface area contributed by atoms with Crippen LogP contribution in [0.25, 0.3) is 0 Å². The number of hydrogen-bond donors (Lipinski definition) is 1. The van der Waals surface area contributed by atoms with E-state index < -0.39 is 16.1 Å². The quantitative estimate of drug-likeness (QED) is 0.834. The van der Waals surface area contributed by atoms with Crippen molar-refractivity contribution < 1.29 is 18.3 Å². The molecule has 3 rings (SSSR count). The molecule has 6 nitrogen and oxygen atoms in total. The van der Waals surface area contributed by atoms with Gasteiger partial charge in [0.05, 0.1) is 22.7 Å². The molecule has 0 radical (unpaired) electrons. The number of sulfonamides is 1. The lowest BCUT2D eigenvalue weighted by Gasteiger charge is -2.35. The van der Waals surface area contributed by atoms with Crippen LogP contribution in [-0.2, 0) is 10.0 Å². The number of benzene rings is 2. The highest BCUT2D eigenvalue weighted by Gasteiger charge is 2.30. The first-order chi connectivity index (χ1) is 13.3. The van der Waals surface area contributed by atoms with Crippen molar-refractivity contribution in [3.8, 4) is 0 Å². The van der Waals surface area contributed by atoms with Crippen molar-refractivity contribution in [3.05, 3.63) is 60.2 Å². The second kappa shape index (κ2) is 8.32. The third kappa shape index (κ3) is 4.05. The topological polar surface area (TPSA) is 77.9 Å². The number of aliphatic hydroxyl groups is 1. The summed E-state index contributed by atoms with van der Waals surface area (Å²) in [5.41, 5.74) is 0.837. The number of carbonyl (C=O) groups is 1. The third-order valence-corrected chi connectivity index (χ3v) is 7.15. The number of anilines is 1. The fourth-order valence-corrected chi connectivity index (χ4v) is 4.86. The summed E-state index contributed by atoms with van der Waals surface area (Å²) in [6.07, 6.45) is 2.81. The normalized spacial score (nSPS) is 19.8. The second-order valence-corrected chi connectivity index (χ2v) is 9.14. The lowest BCUT2D eigenvalue weighted by molar-refractivity contribution is 0.0268. The van der Waals surface area contributed by atoms with Crippen LogP contribution >= 0.6 is 0 Å². The van der Waals surface area contributed by atoms with Crippen molar-refractivity contribution in [2.75, 3.05) is 18.4 Å². The van der Waals surface area contributed by atoms with E-state index in [9.17, 15) is 18.3 Å². The molecule has 1 aliphatic rings. The Bertz CT molecular complexity index is 930. The number of likely N-dealkylation sites (N-methyl/N-ethyl adjacent to an activating group) is 1. The van der Waals surface area contributed by atoms with E-state index in [-0.39, 0.29) is 16.8 Å². The van der Waals surface area contributed by atoms with E-state index in [0.717, 1.165) is 19.3 Å². The van der Waals surface area contributed by atoms with Crippen LogP contribution in [0.1, 0.15) is 36.0 Å². The van der Waals surface area contributed by atoms with Gasteiger partial charge in [-0.25, -0.2) is 8.42 Å². The van der Waals surface area contributed by atoms with Gasteiger partial charge in [0.1, 0.15) is 0 Å². The SMILES string of the molecule is CN(C(=O)c1cccc(S(=O)(=O)N(C)c2ccccc2)c1)[C@H]1CCCC[C@H]1O. The van der Waals surface area contributed by atoms with Crippen LogP contribution < -0.4 is 4.31 Å². The molecule has 0 aliphatic heterocycles. The Hall–Kier alpha value is -2.38. The summed E-state index contributed by atoms with van der Waals surface area (Å²) in [7, 11) is -0.641. The fraction of sp³-hybridized carbons (Fsp3) is 0.381. The molecule has 2 aromatic carbocycles. The van der Waals surface area contributed by atoms with Crippen molar-refractivity contribution in [2.45, 2.75) is 42.7 Å². The van der Waals surface area contributed by atoms with Gasteiger partial charge in [-0.2, -0.15) is 0 Å². The summed E-state index contributed by atoms with van der Waals surface area (Å²) in [6, 6.07) is 14.6. The zero-order valence-corrected chi connectivity index (χ0v) is 17.0. The van der Waals surface area contributed by atoms with Crippen LogP contribution in [0.4, 0.5) is 5.69 Å². The van der Waals surface area contributed by atoms with Crippen LogP contribution in [0.5, 0.6) is 0 Å². The molecule has 2 atom stereocenters. The molecule has 150 valence electrons. The molecule has 0 saturated heterocycles. The summed E-state index contributed by atoms with van der Waals surface area (Å²) in [6.45, 7) is 0. The third-order valence-electron chi connectivity index (χ3n) is 5.37. The Kier molecular flexibility index (Phi) is 6.05. The van der Waals surface area contributed by atoms with Crippen molar-refractivity contribution in [2.24, 2.45) is 0 Å². The van der Waals surface area contributed by atoms with E-state index in [1.165, 1.54) is 28.4 Å². The molecule has 0 aromatic heterocycles. The van der Waals surface area contributed by atoms with Crippen LogP contribution in [0, 0.1) is 0 Å². The van der Waals surface area contributed by atoms with Gasteiger partial charge in [-0.1, -0.05) is 37.1 Å². The highest BCUT2D eigenvalue weighted by Crippen LogP contribution is 2.25.